The van der Waals surface area contributed by atoms with Gasteiger partial charge in [0.2, 0.25) is 0 Å². The maximum atomic E-state index is 11.3. The summed E-state index contributed by atoms with van der Waals surface area (Å²) in [6.07, 6.45) is 0.269. The topological polar surface area (TPSA) is 39.2 Å². The summed E-state index contributed by atoms with van der Waals surface area (Å²) in [4.78, 5) is 16.0. The van der Waals surface area contributed by atoms with Crippen molar-refractivity contribution in [2.75, 3.05) is 7.11 Å². The van der Waals surface area contributed by atoms with Gasteiger partial charge in [0.25, 0.3) is 0 Å². The van der Waals surface area contributed by atoms with Crippen LogP contribution in [0.25, 0.3) is 22.2 Å². The molecule has 0 amide bonds. The van der Waals surface area contributed by atoms with Crippen molar-refractivity contribution in [3.8, 4) is 11.3 Å². The molecule has 0 aliphatic rings. The second-order valence-electron chi connectivity index (χ2n) is 4.98. The number of fused-ring (bicyclic) bond motifs is 1. The highest BCUT2D eigenvalue weighted by Gasteiger charge is 2.06. The molecule has 0 aliphatic carbocycles. The molecular weight excluding hydrogens is 298 g/mol. The molecule has 3 nitrogen and oxygen atoms in total. The lowest BCUT2D eigenvalue weighted by molar-refractivity contribution is -0.139. The fourth-order valence-corrected chi connectivity index (χ4v) is 2.43. The Labute approximate surface area is 133 Å². The number of carbonyl (C=O) groups excluding carboxylic acids is 1. The first kappa shape index (κ1) is 14.5. The molecular formula is C18H14ClNO2. The Kier molecular flexibility index (Phi) is 4.07. The van der Waals surface area contributed by atoms with Crippen LogP contribution in [-0.2, 0) is 16.0 Å². The van der Waals surface area contributed by atoms with Gasteiger partial charge in [0.1, 0.15) is 0 Å². The van der Waals surface area contributed by atoms with Crippen LogP contribution in [0.5, 0.6) is 0 Å². The van der Waals surface area contributed by atoms with Crippen LogP contribution in [0.3, 0.4) is 0 Å². The minimum Gasteiger partial charge on any atom is -0.469 e. The Morgan fingerprint density at radius 3 is 2.59 bits per heavy atom. The van der Waals surface area contributed by atoms with Crippen molar-refractivity contribution in [3.63, 3.8) is 0 Å². The van der Waals surface area contributed by atoms with E-state index in [4.69, 9.17) is 11.6 Å². The number of pyridine rings is 1. The summed E-state index contributed by atoms with van der Waals surface area (Å²) in [5, 5.41) is 1.70. The molecule has 0 saturated heterocycles. The van der Waals surface area contributed by atoms with Gasteiger partial charge in [-0.15, -0.1) is 0 Å². The molecule has 1 aromatic heterocycles. The third kappa shape index (κ3) is 3.10. The monoisotopic (exact) mass is 311 g/mol. The number of hydrogen-bond donors (Lipinski definition) is 0. The van der Waals surface area contributed by atoms with Crippen molar-refractivity contribution in [2.45, 2.75) is 6.42 Å². The fourth-order valence-electron chi connectivity index (χ4n) is 2.31. The van der Waals surface area contributed by atoms with E-state index in [9.17, 15) is 4.79 Å². The van der Waals surface area contributed by atoms with Crippen LogP contribution in [0.15, 0.2) is 54.6 Å². The summed E-state index contributed by atoms with van der Waals surface area (Å²) in [5.41, 5.74) is 3.72. The lowest BCUT2D eigenvalue weighted by Gasteiger charge is -2.06. The molecule has 0 N–H and O–H groups in total. The second kappa shape index (κ2) is 6.16. The molecule has 2 aromatic carbocycles. The molecule has 0 radical (unpaired) electrons. The summed E-state index contributed by atoms with van der Waals surface area (Å²) in [5.74, 6) is -0.245. The summed E-state index contributed by atoms with van der Waals surface area (Å²) in [6.45, 7) is 0. The van der Waals surface area contributed by atoms with E-state index in [1.807, 2.05) is 54.6 Å². The third-order valence-electron chi connectivity index (χ3n) is 3.47. The second-order valence-corrected chi connectivity index (χ2v) is 5.42. The van der Waals surface area contributed by atoms with Crippen molar-refractivity contribution in [3.05, 3.63) is 65.2 Å². The van der Waals surface area contributed by atoms with Crippen molar-refractivity contribution in [1.82, 2.24) is 4.98 Å². The number of esters is 1. The number of carbonyl (C=O) groups is 1. The van der Waals surface area contributed by atoms with Crippen LogP contribution < -0.4 is 0 Å². The quantitative estimate of drug-likeness (QED) is 0.678. The lowest BCUT2D eigenvalue weighted by atomic mass is 10.1. The maximum absolute atomic E-state index is 11.3. The number of hydrogen-bond acceptors (Lipinski definition) is 3. The van der Waals surface area contributed by atoms with E-state index < -0.39 is 0 Å². The summed E-state index contributed by atoms with van der Waals surface area (Å²) in [7, 11) is 1.39. The lowest BCUT2D eigenvalue weighted by Crippen LogP contribution is -2.04. The maximum Gasteiger partial charge on any atom is 0.309 e. The summed E-state index contributed by atoms with van der Waals surface area (Å²) in [6, 6.07) is 17.4. The third-order valence-corrected chi connectivity index (χ3v) is 3.72. The summed E-state index contributed by atoms with van der Waals surface area (Å²) < 4.78 is 4.69. The normalized spacial score (nSPS) is 10.6. The molecule has 0 unspecified atom stereocenters. The standard InChI is InChI=1S/C18H14ClNO2/c1-22-18(21)11-12-2-8-17-14(10-12)5-9-16(20-17)13-3-6-15(19)7-4-13/h2-10H,11H2,1H3. The first-order valence-electron chi connectivity index (χ1n) is 6.88. The van der Waals surface area contributed by atoms with Crippen molar-refractivity contribution >= 4 is 28.5 Å². The van der Waals surface area contributed by atoms with E-state index in [1.165, 1.54) is 7.11 Å². The van der Waals surface area contributed by atoms with Crippen LogP contribution in [-0.4, -0.2) is 18.1 Å². The van der Waals surface area contributed by atoms with E-state index in [0.29, 0.717) is 5.02 Å². The molecule has 0 atom stereocenters. The largest absolute Gasteiger partial charge is 0.469 e. The van der Waals surface area contributed by atoms with Gasteiger partial charge >= 0.3 is 5.97 Å². The molecule has 0 fully saturated rings. The SMILES string of the molecule is COC(=O)Cc1ccc2nc(-c3ccc(Cl)cc3)ccc2c1. The molecule has 0 bridgehead atoms. The number of ether oxygens (including phenoxy) is 1. The molecule has 22 heavy (non-hydrogen) atoms. The predicted molar refractivity (Wildman–Crippen MR) is 87.9 cm³/mol. The zero-order valence-electron chi connectivity index (χ0n) is 12.0. The number of nitrogens with zero attached hydrogens (tertiary/aromatic N) is 1. The van der Waals surface area contributed by atoms with E-state index >= 15 is 0 Å². The number of halogens is 1. The number of methoxy groups -OCH3 is 1. The Hall–Kier alpha value is -2.39. The molecule has 3 aromatic rings. The van der Waals surface area contributed by atoms with Crippen molar-refractivity contribution < 1.29 is 9.53 Å². The van der Waals surface area contributed by atoms with Crippen LogP contribution in [0.1, 0.15) is 5.56 Å². The van der Waals surface area contributed by atoms with Gasteiger partial charge in [0, 0.05) is 16.0 Å². The Bertz CT molecular complexity index is 828. The first-order chi connectivity index (χ1) is 10.7. The average Bonchev–Trinajstić information content (AvgIpc) is 2.55. The molecule has 0 aliphatic heterocycles. The van der Waals surface area contributed by atoms with Crippen LogP contribution in [0, 0.1) is 0 Å². The van der Waals surface area contributed by atoms with Gasteiger partial charge in [-0.05, 0) is 35.9 Å². The summed E-state index contributed by atoms with van der Waals surface area (Å²) >= 11 is 5.91. The highest BCUT2D eigenvalue weighted by Crippen LogP contribution is 2.23. The molecule has 3 rings (SSSR count). The molecule has 1 heterocycles. The van der Waals surface area contributed by atoms with Crippen molar-refractivity contribution in [2.24, 2.45) is 0 Å². The van der Waals surface area contributed by atoms with Gasteiger partial charge in [0.15, 0.2) is 0 Å². The Morgan fingerprint density at radius 2 is 1.86 bits per heavy atom. The number of benzene rings is 2. The van der Waals surface area contributed by atoms with E-state index in [1.54, 1.807) is 0 Å². The molecule has 0 saturated carbocycles. The molecule has 4 heteroatoms. The predicted octanol–water partition coefficient (Wildman–Crippen LogP) is 4.27. The first-order valence-corrected chi connectivity index (χ1v) is 7.26. The van der Waals surface area contributed by atoms with E-state index in [-0.39, 0.29) is 12.4 Å². The minimum atomic E-state index is -0.245. The fraction of sp³-hybridized carbons (Fsp3) is 0.111. The Balaban J connectivity index is 1.95. The molecule has 0 spiro atoms. The molecule has 110 valence electrons. The van der Waals surface area contributed by atoms with Crippen LogP contribution in [0.4, 0.5) is 0 Å². The smallest absolute Gasteiger partial charge is 0.309 e. The van der Waals surface area contributed by atoms with E-state index in [2.05, 4.69) is 9.72 Å². The Morgan fingerprint density at radius 1 is 1.09 bits per heavy atom. The van der Waals surface area contributed by atoms with Crippen molar-refractivity contribution in [1.29, 1.82) is 0 Å². The number of rotatable bonds is 3. The minimum absolute atomic E-state index is 0.245. The van der Waals surface area contributed by atoms with E-state index in [0.717, 1.165) is 27.7 Å². The van der Waals surface area contributed by atoms with Gasteiger partial charge in [0.05, 0.1) is 24.7 Å². The van der Waals surface area contributed by atoms with Gasteiger partial charge in [-0.25, -0.2) is 4.98 Å². The average molecular weight is 312 g/mol. The van der Waals surface area contributed by atoms with Gasteiger partial charge in [-0.1, -0.05) is 35.9 Å². The van der Waals surface area contributed by atoms with Gasteiger partial charge in [-0.2, -0.15) is 0 Å². The highest BCUT2D eigenvalue weighted by molar-refractivity contribution is 6.30. The number of aromatic nitrogens is 1. The van der Waals surface area contributed by atoms with Gasteiger partial charge in [-0.3, -0.25) is 4.79 Å². The van der Waals surface area contributed by atoms with Crippen LogP contribution >= 0.6 is 11.6 Å². The van der Waals surface area contributed by atoms with Gasteiger partial charge < -0.3 is 4.74 Å². The van der Waals surface area contributed by atoms with Crippen LogP contribution in [0.2, 0.25) is 5.02 Å². The zero-order valence-corrected chi connectivity index (χ0v) is 12.8. The zero-order chi connectivity index (χ0) is 15.5. The highest BCUT2D eigenvalue weighted by atomic mass is 35.5.